The molecule has 0 spiro atoms. The molecule has 0 aliphatic carbocycles. The van der Waals surface area contributed by atoms with E-state index in [4.69, 9.17) is 11.6 Å². The van der Waals surface area contributed by atoms with Gasteiger partial charge in [0.05, 0.1) is 5.02 Å². The topological polar surface area (TPSA) is 49.4 Å². The van der Waals surface area contributed by atoms with Crippen molar-refractivity contribution in [3.63, 3.8) is 0 Å². The Bertz CT molecular complexity index is 530. The van der Waals surface area contributed by atoms with Gasteiger partial charge in [0, 0.05) is 22.2 Å². The van der Waals surface area contributed by atoms with Crippen molar-refractivity contribution in [2.75, 3.05) is 13.1 Å². The van der Waals surface area contributed by atoms with Crippen LogP contribution in [0.15, 0.2) is 18.2 Å². The van der Waals surface area contributed by atoms with Crippen molar-refractivity contribution in [1.82, 2.24) is 10.2 Å². The van der Waals surface area contributed by atoms with Crippen molar-refractivity contribution >= 4 is 46.0 Å². The van der Waals surface area contributed by atoms with Crippen LogP contribution in [0.25, 0.3) is 0 Å². The molecule has 1 aromatic rings. The molecule has 108 valence electrons. The molecule has 1 fully saturated rings. The first-order valence-corrected chi connectivity index (χ1v) is 7.99. The maximum absolute atomic E-state index is 12.1. The number of benzene rings is 1. The minimum absolute atomic E-state index is 0.0209. The third-order valence-electron chi connectivity index (χ3n) is 3.32. The number of nitrogens with zero attached hydrogens (tertiary/aromatic N) is 1. The summed E-state index contributed by atoms with van der Waals surface area (Å²) in [5.74, 6) is -0.296. The maximum Gasteiger partial charge on any atom is 0.251 e. The molecule has 1 N–H and O–H groups in total. The van der Waals surface area contributed by atoms with Gasteiger partial charge in [0.1, 0.15) is 6.04 Å². The molecule has 1 unspecified atom stereocenters. The van der Waals surface area contributed by atoms with Gasteiger partial charge in [-0.3, -0.25) is 9.59 Å². The maximum atomic E-state index is 12.1. The minimum atomic E-state index is -0.515. The number of rotatable bonds is 3. The van der Waals surface area contributed by atoms with Crippen LogP contribution in [0, 0.1) is 3.57 Å². The molecule has 0 aromatic heterocycles. The van der Waals surface area contributed by atoms with E-state index in [-0.39, 0.29) is 11.8 Å². The van der Waals surface area contributed by atoms with E-state index in [1.807, 2.05) is 0 Å². The average molecular weight is 407 g/mol. The summed E-state index contributed by atoms with van der Waals surface area (Å²) in [6, 6.07) is 4.59. The second-order valence-corrected chi connectivity index (χ2v) is 6.43. The molecule has 2 rings (SSSR count). The van der Waals surface area contributed by atoms with E-state index in [9.17, 15) is 9.59 Å². The van der Waals surface area contributed by atoms with Crippen LogP contribution >= 0.6 is 34.2 Å². The second kappa shape index (κ2) is 6.76. The van der Waals surface area contributed by atoms with Crippen LogP contribution in [0.4, 0.5) is 0 Å². The number of nitrogens with one attached hydrogen (secondary N) is 1. The number of hydrogen-bond donors (Lipinski definition) is 1. The highest BCUT2D eigenvalue weighted by Crippen LogP contribution is 2.19. The van der Waals surface area contributed by atoms with Gasteiger partial charge < -0.3 is 10.2 Å². The lowest BCUT2D eigenvalue weighted by molar-refractivity contribution is -0.131. The first-order chi connectivity index (χ1) is 9.49. The quantitative estimate of drug-likeness (QED) is 0.785. The zero-order valence-corrected chi connectivity index (χ0v) is 14.1. The van der Waals surface area contributed by atoms with Gasteiger partial charge in [-0.05, 0) is 60.6 Å². The number of hydrogen-bond acceptors (Lipinski definition) is 2. The summed E-state index contributed by atoms with van der Waals surface area (Å²) >= 11 is 8.10. The van der Waals surface area contributed by atoms with Crippen molar-refractivity contribution in [3.8, 4) is 0 Å². The van der Waals surface area contributed by atoms with Gasteiger partial charge in [-0.2, -0.15) is 0 Å². The van der Waals surface area contributed by atoms with E-state index in [0.29, 0.717) is 10.6 Å². The fraction of sp³-hybridized carbons (Fsp3) is 0.429. The molecule has 0 saturated carbocycles. The predicted molar refractivity (Wildman–Crippen MR) is 86.9 cm³/mol. The minimum Gasteiger partial charge on any atom is -0.341 e. The summed E-state index contributed by atoms with van der Waals surface area (Å²) in [5.41, 5.74) is 0.469. The normalized spacial score (nSPS) is 16.1. The Morgan fingerprint density at radius 2 is 2.00 bits per heavy atom. The number of amides is 2. The molecular formula is C14H16ClIN2O2. The summed E-state index contributed by atoms with van der Waals surface area (Å²) in [6.45, 7) is 3.29. The second-order valence-electron chi connectivity index (χ2n) is 4.86. The van der Waals surface area contributed by atoms with Gasteiger partial charge in [0.25, 0.3) is 5.91 Å². The van der Waals surface area contributed by atoms with Crippen LogP contribution in [0.1, 0.15) is 30.1 Å². The Morgan fingerprint density at radius 1 is 1.35 bits per heavy atom. The van der Waals surface area contributed by atoms with E-state index < -0.39 is 6.04 Å². The van der Waals surface area contributed by atoms with Gasteiger partial charge in [-0.15, -0.1) is 0 Å². The van der Waals surface area contributed by atoms with Gasteiger partial charge in [0.15, 0.2) is 0 Å². The van der Waals surface area contributed by atoms with E-state index >= 15 is 0 Å². The van der Waals surface area contributed by atoms with Crippen LogP contribution in [0.5, 0.6) is 0 Å². The number of likely N-dealkylation sites (tertiary alicyclic amines) is 1. The number of carbonyl (C=O) groups excluding carboxylic acids is 2. The predicted octanol–water partition coefficient (Wildman–Crippen LogP) is 2.69. The lowest BCUT2D eigenvalue weighted by atomic mass is 10.2. The molecule has 2 amide bonds. The van der Waals surface area contributed by atoms with Crippen molar-refractivity contribution in [3.05, 3.63) is 32.4 Å². The smallest absolute Gasteiger partial charge is 0.251 e. The SMILES string of the molecule is CC(NC(=O)c1ccc(I)c(Cl)c1)C(=O)N1CCCC1. The Balaban J connectivity index is 1.99. The third-order valence-corrected chi connectivity index (χ3v) is 4.89. The first-order valence-electron chi connectivity index (χ1n) is 6.54. The Labute approximate surface area is 137 Å². The largest absolute Gasteiger partial charge is 0.341 e. The molecule has 0 bridgehead atoms. The van der Waals surface area contributed by atoms with E-state index in [1.54, 1.807) is 30.0 Å². The van der Waals surface area contributed by atoms with Crippen molar-refractivity contribution in [2.45, 2.75) is 25.8 Å². The van der Waals surface area contributed by atoms with Crippen LogP contribution in [-0.2, 0) is 4.79 Å². The van der Waals surface area contributed by atoms with E-state index in [0.717, 1.165) is 29.5 Å². The first kappa shape index (κ1) is 15.6. The molecule has 0 radical (unpaired) electrons. The van der Waals surface area contributed by atoms with Gasteiger partial charge in [-0.25, -0.2) is 0 Å². The van der Waals surface area contributed by atoms with Crippen LogP contribution in [0.3, 0.4) is 0 Å². The molecule has 1 atom stereocenters. The Kier molecular flexibility index (Phi) is 5.26. The van der Waals surface area contributed by atoms with Crippen LogP contribution < -0.4 is 5.32 Å². The Morgan fingerprint density at radius 3 is 2.60 bits per heavy atom. The fourth-order valence-corrected chi connectivity index (χ4v) is 2.71. The molecule has 6 heteroatoms. The summed E-state index contributed by atoms with van der Waals surface area (Å²) in [4.78, 5) is 26.0. The van der Waals surface area contributed by atoms with Crippen LogP contribution in [-0.4, -0.2) is 35.8 Å². The molecule has 1 aliphatic heterocycles. The zero-order chi connectivity index (χ0) is 14.7. The lowest BCUT2D eigenvalue weighted by Crippen LogP contribution is -2.45. The number of carbonyl (C=O) groups is 2. The average Bonchev–Trinajstić information content (AvgIpc) is 2.94. The highest BCUT2D eigenvalue weighted by molar-refractivity contribution is 14.1. The van der Waals surface area contributed by atoms with Gasteiger partial charge >= 0.3 is 0 Å². The highest BCUT2D eigenvalue weighted by atomic mass is 127. The van der Waals surface area contributed by atoms with Gasteiger partial charge in [-0.1, -0.05) is 11.6 Å². The zero-order valence-electron chi connectivity index (χ0n) is 11.2. The van der Waals surface area contributed by atoms with Gasteiger partial charge in [0.2, 0.25) is 5.91 Å². The summed E-state index contributed by atoms with van der Waals surface area (Å²) in [7, 11) is 0. The molecule has 4 nitrogen and oxygen atoms in total. The van der Waals surface area contributed by atoms with E-state index in [1.165, 1.54) is 0 Å². The summed E-state index contributed by atoms with van der Waals surface area (Å²) < 4.78 is 0.891. The molecule has 1 heterocycles. The standard InChI is InChI=1S/C14H16ClIN2O2/c1-9(14(20)18-6-2-3-7-18)17-13(19)10-4-5-12(16)11(15)8-10/h4-5,8-9H,2-3,6-7H2,1H3,(H,17,19). The lowest BCUT2D eigenvalue weighted by Gasteiger charge is -2.21. The van der Waals surface area contributed by atoms with Crippen molar-refractivity contribution in [1.29, 1.82) is 0 Å². The summed E-state index contributed by atoms with van der Waals surface area (Å²) in [5, 5.41) is 3.27. The summed E-state index contributed by atoms with van der Waals surface area (Å²) in [6.07, 6.45) is 2.08. The molecular weight excluding hydrogens is 391 g/mol. The third kappa shape index (κ3) is 3.63. The number of halogens is 2. The fourth-order valence-electron chi connectivity index (χ4n) is 2.19. The molecule has 1 aliphatic rings. The van der Waals surface area contributed by atoms with E-state index in [2.05, 4.69) is 27.9 Å². The van der Waals surface area contributed by atoms with Crippen LogP contribution in [0.2, 0.25) is 5.02 Å². The van der Waals surface area contributed by atoms with Crippen molar-refractivity contribution in [2.24, 2.45) is 0 Å². The Hall–Kier alpha value is -0.820. The highest BCUT2D eigenvalue weighted by Gasteiger charge is 2.24. The molecule has 20 heavy (non-hydrogen) atoms. The monoisotopic (exact) mass is 406 g/mol. The molecule has 1 saturated heterocycles. The van der Waals surface area contributed by atoms with Crippen molar-refractivity contribution < 1.29 is 9.59 Å². The molecule has 1 aromatic carbocycles.